The van der Waals surface area contributed by atoms with Crippen LogP contribution in [0.2, 0.25) is 0 Å². The Morgan fingerprint density at radius 1 is 1.35 bits per heavy atom. The third-order valence-corrected chi connectivity index (χ3v) is 3.36. The van der Waals surface area contributed by atoms with Gasteiger partial charge in [-0.15, -0.1) is 0 Å². The second-order valence-corrected chi connectivity index (χ2v) is 4.80. The van der Waals surface area contributed by atoms with Crippen molar-refractivity contribution >= 4 is 5.97 Å². The fourth-order valence-corrected chi connectivity index (χ4v) is 2.31. The molecule has 1 rings (SSSR count). The summed E-state index contributed by atoms with van der Waals surface area (Å²) < 4.78 is 5.29. The van der Waals surface area contributed by atoms with E-state index in [1.165, 1.54) is 25.7 Å². The molecule has 0 aromatic heterocycles. The normalized spacial score (nSPS) is 19.4. The number of rotatable bonds is 9. The topological polar surface area (TPSA) is 46.5 Å². The van der Waals surface area contributed by atoms with Crippen LogP contribution in [0.15, 0.2) is 11.6 Å². The van der Waals surface area contributed by atoms with Crippen LogP contribution in [0.4, 0.5) is 0 Å². The van der Waals surface area contributed by atoms with Crippen LogP contribution in [-0.4, -0.2) is 24.3 Å². The van der Waals surface area contributed by atoms with Crippen molar-refractivity contribution in [2.75, 3.05) is 7.11 Å². The lowest BCUT2D eigenvalue weighted by Crippen LogP contribution is -2.00. The molecule has 0 saturated carbocycles. The van der Waals surface area contributed by atoms with Gasteiger partial charge in [-0.25, -0.2) is 0 Å². The molecule has 98 valence electrons. The number of unbranched alkanes of at least 4 members (excludes halogenated alkanes) is 4. The van der Waals surface area contributed by atoms with E-state index in [-0.39, 0.29) is 0 Å². The van der Waals surface area contributed by atoms with Crippen LogP contribution in [0.3, 0.4) is 0 Å². The summed E-state index contributed by atoms with van der Waals surface area (Å²) in [4.78, 5) is 10.3. The second kappa shape index (κ2) is 8.29. The molecule has 0 saturated heterocycles. The maximum absolute atomic E-state index is 10.3. The zero-order valence-corrected chi connectivity index (χ0v) is 10.8. The molecule has 0 bridgehead atoms. The lowest BCUT2D eigenvalue weighted by atomic mass is 10.0. The van der Waals surface area contributed by atoms with Gasteiger partial charge in [0.1, 0.15) is 0 Å². The number of ether oxygens (including phenoxy) is 1. The molecule has 0 aliphatic heterocycles. The van der Waals surface area contributed by atoms with Gasteiger partial charge < -0.3 is 9.84 Å². The van der Waals surface area contributed by atoms with Gasteiger partial charge in [0.2, 0.25) is 0 Å². The first-order chi connectivity index (χ1) is 8.22. The Labute approximate surface area is 104 Å². The van der Waals surface area contributed by atoms with Crippen molar-refractivity contribution < 1.29 is 14.6 Å². The van der Waals surface area contributed by atoms with E-state index in [1.54, 1.807) is 12.7 Å². The SMILES string of the molecule is COC1C=C(CCCCCCCC(=O)O)CC1. The number of aliphatic carboxylic acids is 1. The Morgan fingerprint density at radius 2 is 2.06 bits per heavy atom. The summed E-state index contributed by atoms with van der Waals surface area (Å²) in [5.41, 5.74) is 1.54. The molecule has 1 aliphatic carbocycles. The lowest BCUT2D eigenvalue weighted by molar-refractivity contribution is -0.137. The molecule has 0 radical (unpaired) electrons. The van der Waals surface area contributed by atoms with Crippen LogP contribution < -0.4 is 0 Å². The Balaban J connectivity index is 1.92. The van der Waals surface area contributed by atoms with E-state index in [9.17, 15) is 4.79 Å². The van der Waals surface area contributed by atoms with Crippen molar-refractivity contribution in [3.63, 3.8) is 0 Å². The first-order valence-electron chi connectivity index (χ1n) is 6.66. The van der Waals surface area contributed by atoms with Gasteiger partial charge in [0.05, 0.1) is 6.10 Å². The molecule has 1 atom stereocenters. The molecular weight excluding hydrogens is 216 g/mol. The third kappa shape index (κ3) is 6.47. The first-order valence-corrected chi connectivity index (χ1v) is 6.66. The van der Waals surface area contributed by atoms with Gasteiger partial charge in [0.15, 0.2) is 0 Å². The van der Waals surface area contributed by atoms with Gasteiger partial charge in [0, 0.05) is 13.5 Å². The van der Waals surface area contributed by atoms with E-state index in [4.69, 9.17) is 9.84 Å². The predicted molar refractivity (Wildman–Crippen MR) is 68.1 cm³/mol. The van der Waals surface area contributed by atoms with Crippen molar-refractivity contribution in [2.45, 2.75) is 63.9 Å². The molecule has 0 spiro atoms. The molecule has 0 heterocycles. The zero-order valence-electron chi connectivity index (χ0n) is 10.8. The number of carboxylic acids is 1. The third-order valence-electron chi connectivity index (χ3n) is 3.36. The average Bonchev–Trinajstić information content (AvgIpc) is 2.75. The largest absolute Gasteiger partial charge is 0.481 e. The van der Waals surface area contributed by atoms with Crippen LogP contribution >= 0.6 is 0 Å². The van der Waals surface area contributed by atoms with Gasteiger partial charge in [-0.3, -0.25) is 4.79 Å². The molecular formula is C14H24O3. The monoisotopic (exact) mass is 240 g/mol. The number of carbonyl (C=O) groups is 1. The summed E-state index contributed by atoms with van der Waals surface area (Å²) >= 11 is 0. The van der Waals surface area contributed by atoms with E-state index in [0.717, 1.165) is 25.7 Å². The van der Waals surface area contributed by atoms with Crippen molar-refractivity contribution in [2.24, 2.45) is 0 Å². The highest BCUT2D eigenvalue weighted by molar-refractivity contribution is 5.66. The van der Waals surface area contributed by atoms with E-state index in [2.05, 4.69) is 6.08 Å². The van der Waals surface area contributed by atoms with E-state index in [0.29, 0.717) is 12.5 Å². The van der Waals surface area contributed by atoms with Gasteiger partial charge in [-0.2, -0.15) is 0 Å². The lowest BCUT2D eigenvalue weighted by Gasteiger charge is -2.02. The quantitative estimate of drug-likeness (QED) is 0.495. The van der Waals surface area contributed by atoms with Crippen molar-refractivity contribution in [1.29, 1.82) is 0 Å². The minimum atomic E-state index is -0.674. The predicted octanol–water partition coefficient (Wildman–Crippen LogP) is 3.54. The van der Waals surface area contributed by atoms with Crippen LogP contribution in [-0.2, 0) is 9.53 Å². The van der Waals surface area contributed by atoms with Gasteiger partial charge >= 0.3 is 5.97 Å². The van der Waals surface area contributed by atoms with E-state index >= 15 is 0 Å². The molecule has 1 unspecified atom stereocenters. The summed E-state index contributed by atoms with van der Waals surface area (Å²) in [7, 11) is 1.77. The summed E-state index contributed by atoms with van der Waals surface area (Å²) in [5, 5.41) is 8.49. The van der Waals surface area contributed by atoms with Gasteiger partial charge in [-0.05, 0) is 32.1 Å². The molecule has 1 N–H and O–H groups in total. The van der Waals surface area contributed by atoms with Crippen molar-refractivity contribution in [3.05, 3.63) is 11.6 Å². The highest BCUT2D eigenvalue weighted by Gasteiger charge is 2.13. The maximum atomic E-state index is 10.3. The Morgan fingerprint density at radius 3 is 2.71 bits per heavy atom. The maximum Gasteiger partial charge on any atom is 0.303 e. The molecule has 17 heavy (non-hydrogen) atoms. The molecule has 3 nitrogen and oxygen atoms in total. The fraction of sp³-hybridized carbons (Fsp3) is 0.786. The summed E-state index contributed by atoms with van der Waals surface area (Å²) in [5.74, 6) is -0.674. The van der Waals surface area contributed by atoms with Crippen molar-refractivity contribution in [3.8, 4) is 0 Å². The number of methoxy groups -OCH3 is 1. The summed E-state index contributed by atoms with van der Waals surface area (Å²) in [6.07, 6.45) is 11.9. The molecule has 1 aliphatic rings. The minimum absolute atomic E-state index is 0.320. The van der Waals surface area contributed by atoms with Gasteiger partial charge in [-0.1, -0.05) is 30.9 Å². The van der Waals surface area contributed by atoms with Gasteiger partial charge in [0.25, 0.3) is 0 Å². The number of hydrogen-bond donors (Lipinski definition) is 1. The average molecular weight is 240 g/mol. The zero-order chi connectivity index (χ0) is 12.5. The smallest absolute Gasteiger partial charge is 0.303 e. The molecule has 0 aromatic rings. The van der Waals surface area contributed by atoms with Crippen LogP contribution in [0, 0.1) is 0 Å². The Hall–Kier alpha value is -0.830. The standard InChI is InChI=1S/C14H24O3/c1-17-13-10-9-12(11-13)7-5-3-2-4-6-8-14(15)16/h11,13H,2-10H2,1H3,(H,15,16). The summed E-state index contributed by atoms with van der Waals surface area (Å²) in [6.45, 7) is 0. The van der Waals surface area contributed by atoms with E-state index < -0.39 is 5.97 Å². The first kappa shape index (κ1) is 14.2. The Bertz CT molecular complexity index is 258. The van der Waals surface area contributed by atoms with Crippen LogP contribution in [0.1, 0.15) is 57.8 Å². The fourth-order valence-electron chi connectivity index (χ4n) is 2.31. The van der Waals surface area contributed by atoms with E-state index in [1.807, 2.05) is 0 Å². The molecule has 0 fully saturated rings. The minimum Gasteiger partial charge on any atom is -0.481 e. The van der Waals surface area contributed by atoms with Crippen molar-refractivity contribution in [1.82, 2.24) is 0 Å². The van der Waals surface area contributed by atoms with Crippen LogP contribution in [0.25, 0.3) is 0 Å². The van der Waals surface area contributed by atoms with Crippen LogP contribution in [0.5, 0.6) is 0 Å². The second-order valence-electron chi connectivity index (χ2n) is 4.80. The summed E-state index contributed by atoms with van der Waals surface area (Å²) in [6, 6.07) is 0. The number of hydrogen-bond acceptors (Lipinski definition) is 2. The molecule has 0 aromatic carbocycles. The number of allylic oxidation sites excluding steroid dienone is 1. The Kier molecular flexibility index (Phi) is 6.94. The molecule has 0 amide bonds. The highest BCUT2D eigenvalue weighted by Crippen LogP contribution is 2.25. The number of carboxylic acid groups (broad SMARTS) is 1. The molecule has 3 heteroatoms. The highest BCUT2D eigenvalue weighted by atomic mass is 16.5.